The third-order valence-electron chi connectivity index (χ3n) is 4.34. The van der Waals surface area contributed by atoms with Crippen LogP contribution in [0.15, 0.2) is 18.2 Å². The van der Waals surface area contributed by atoms with Gasteiger partial charge >= 0.3 is 0 Å². The standard InChI is InChI=1S/C15H19NO2/c1-9-3-4-10(7-9)14-12-8-11(18-2)5-6-13(12)16-15(14)17/h5-6,8-10,14H,3-4,7H2,1-2H3,(H,16,17). The van der Waals surface area contributed by atoms with Crippen LogP contribution in [0.25, 0.3) is 0 Å². The summed E-state index contributed by atoms with van der Waals surface area (Å²) in [6, 6.07) is 5.87. The molecule has 18 heavy (non-hydrogen) atoms. The molecule has 0 radical (unpaired) electrons. The van der Waals surface area contributed by atoms with Crippen LogP contribution in [-0.4, -0.2) is 13.0 Å². The van der Waals surface area contributed by atoms with Crippen LogP contribution < -0.4 is 10.1 Å². The van der Waals surface area contributed by atoms with E-state index in [1.807, 2.05) is 18.2 Å². The van der Waals surface area contributed by atoms with Crippen LogP contribution in [0.2, 0.25) is 0 Å². The summed E-state index contributed by atoms with van der Waals surface area (Å²) in [6.45, 7) is 2.28. The number of nitrogens with one attached hydrogen (secondary N) is 1. The minimum Gasteiger partial charge on any atom is -0.497 e. The van der Waals surface area contributed by atoms with Gasteiger partial charge in [-0.3, -0.25) is 4.79 Å². The molecule has 1 heterocycles. The number of methoxy groups -OCH3 is 1. The molecule has 1 aliphatic carbocycles. The number of benzene rings is 1. The number of carbonyl (C=O) groups excluding carboxylic acids is 1. The van der Waals surface area contributed by atoms with Crippen molar-refractivity contribution in [2.75, 3.05) is 12.4 Å². The molecule has 0 spiro atoms. The van der Waals surface area contributed by atoms with E-state index in [2.05, 4.69) is 12.2 Å². The molecule has 0 aromatic heterocycles. The summed E-state index contributed by atoms with van der Waals surface area (Å²) in [7, 11) is 1.67. The number of hydrogen-bond donors (Lipinski definition) is 1. The Kier molecular flexibility index (Phi) is 2.77. The molecule has 3 unspecified atom stereocenters. The summed E-state index contributed by atoms with van der Waals surface area (Å²) in [5.41, 5.74) is 2.09. The molecule has 1 N–H and O–H groups in total. The minimum atomic E-state index is 0.0278. The fourth-order valence-corrected chi connectivity index (χ4v) is 3.41. The molecule has 3 atom stereocenters. The highest BCUT2D eigenvalue weighted by Crippen LogP contribution is 2.46. The van der Waals surface area contributed by atoms with E-state index < -0.39 is 0 Å². The van der Waals surface area contributed by atoms with Crippen molar-refractivity contribution in [3.63, 3.8) is 0 Å². The predicted molar refractivity (Wildman–Crippen MR) is 70.9 cm³/mol. The average Bonchev–Trinajstić information content (AvgIpc) is 2.90. The van der Waals surface area contributed by atoms with Gasteiger partial charge in [-0.25, -0.2) is 0 Å². The van der Waals surface area contributed by atoms with E-state index in [-0.39, 0.29) is 11.8 Å². The van der Waals surface area contributed by atoms with Gasteiger partial charge < -0.3 is 10.1 Å². The molecule has 1 saturated carbocycles. The topological polar surface area (TPSA) is 38.3 Å². The fourth-order valence-electron chi connectivity index (χ4n) is 3.41. The Morgan fingerprint density at radius 2 is 2.17 bits per heavy atom. The number of rotatable bonds is 2. The van der Waals surface area contributed by atoms with E-state index in [1.54, 1.807) is 7.11 Å². The molecule has 1 aliphatic heterocycles. The summed E-state index contributed by atoms with van der Waals surface area (Å²) in [5, 5.41) is 3.00. The molecule has 1 aromatic rings. The maximum atomic E-state index is 12.2. The van der Waals surface area contributed by atoms with Crippen molar-refractivity contribution in [2.24, 2.45) is 11.8 Å². The zero-order chi connectivity index (χ0) is 12.7. The first-order valence-electron chi connectivity index (χ1n) is 6.68. The van der Waals surface area contributed by atoms with E-state index in [4.69, 9.17) is 4.74 Å². The van der Waals surface area contributed by atoms with Gasteiger partial charge in [0.25, 0.3) is 0 Å². The minimum absolute atomic E-state index is 0.0278. The summed E-state index contributed by atoms with van der Waals surface area (Å²) >= 11 is 0. The highest BCUT2D eigenvalue weighted by molar-refractivity contribution is 6.03. The maximum absolute atomic E-state index is 12.2. The number of ether oxygens (including phenoxy) is 1. The highest BCUT2D eigenvalue weighted by Gasteiger charge is 2.39. The van der Waals surface area contributed by atoms with Crippen molar-refractivity contribution < 1.29 is 9.53 Å². The zero-order valence-corrected chi connectivity index (χ0v) is 10.9. The van der Waals surface area contributed by atoms with Gasteiger partial charge in [0.1, 0.15) is 5.75 Å². The lowest BCUT2D eigenvalue weighted by atomic mass is 9.85. The first-order valence-corrected chi connectivity index (χ1v) is 6.68. The summed E-state index contributed by atoms with van der Waals surface area (Å²) in [5.74, 6) is 2.27. The fraction of sp³-hybridized carbons (Fsp3) is 0.533. The molecule has 3 rings (SSSR count). The van der Waals surface area contributed by atoms with E-state index >= 15 is 0 Å². The smallest absolute Gasteiger partial charge is 0.232 e. The van der Waals surface area contributed by atoms with Crippen LogP contribution in [0.5, 0.6) is 5.75 Å². The van der Waals surface area contributed by atoms with Gasteiger partial charge in [-0.2, -0.15) is 0 Å². The zero-order valence-electron chi connectivity index (χ0n) is 10.9. The normalized spacial score (nSPS) is 30.1. The molecular formula is C15H19NO2. The highest BCUT2D eigenvalue weighted by atomic mass is 16.5. The van der Waals surface area contributed by atoms with Crippen LogP contribution in [0.1, 0.15) is 37.7 Å². The quantitative estimate of drug-likeness (QED) is 0.869. The number of fused-ring (bicyclic) bond motifs is 1. The van der Waals surface area contributed by atoms with E-state index in [9.17, 15) is 4.79 Å². The average molecular weight is 245 g/mol. The number of anilines is 1. The molecule has 1 aromatic carbocycles. The van der Waals surface area contributed by atoms with Crippen molar-refractivity contribution in [2.45, 2.75) is 32.1 Å². The van der Waals surface area contributed by atoms with Crippen molar-refractivity contribution in [1.82, 2.24) is 0 Å². The first-order chi connectivity index (χ1) is 8.69. The second kappa shape index (κ2) is 4.30. The van der Waals surface area contributed by atoms with Crippen LogP contribution in [0.3, 0.4) is 0 Å². The first kappa shape index (κ1) is 11.6. The SMILES string of the molecule is COc1ccc2c(c1)C(C1CCC(C)C1)C(=O)N2. The summed E-state index contributed by atoms with van der Waals surface area (Å²) in [6.07, 6.45) is 3.57. The summed E-state index contributed by atoms with van der Waals surface area (Å²) in [4.78, 5) is 12.2. The molecule has 0 saturated heterocycles. The third-order valence-corrected chi connectivity index (χ3v) is 4.34. The van der Waals surface area contributed by atoms with Gasteiger partial charge in [-0.1, -0.05) is 13.3 Å². The van der Waals surface area contributed by atoms with Crippen molar-refractivity contribution >= 4 is 11.6 Å². The van der Waals surface area contributed by atoms with E-state index in [0.29, 0.717) is 5.92 Å². The molecule has 0 bridgehead atoms. The van der Waals surface area contributed by atoms with Gasteiger partial charge in [0.05, 0.1) is 13.0 Å². The van der Waals surface area contributed by atoms with Crippen LogP contribution >= 0.6 is 0 Å². The van der Waals surface area contributed by atoms with Gasteiger partial charge in [0.15, 0.2) is 0 Å². The molecule has 3 nitrogen and oxygen atoms in total. The lowest BCUT2D eigenvalue weighted by molar-refractivity contribution is -0.118. The lowest BCUT2D eigenvalue weighted by Crippen LogP contribution is -2.19. The Morgan fingerprint density at radius 3 is 2.83 bits per heavy atom. The van der Waals surface area contributed by atoms with Gasteiger partial charge in [0.2, 0.25) is 5.91 Å². The van der Waals surface area contributed by atoms with Crippen molar-refractivity contribution in [1.29, 1.82) is 0 Å². The Hall–Kier alpha value is -1.51. The Morgan fingerprint density at radius 1 is 1.33 bits per heavy atom. The maximum Gasteiger partial charge on any atom is 0.232 e. The van der Waals surface area contributed by atoms with Gasteiger partial charge in [0, 0.05) is 5.69 Å². The summed E-state index contributed by atoms with van der Waals surface area (Å²) < 4.78 is 5.27. The molecule has 96 valence electrons. The molecular weight excluding hydrogens is 226 g/mol. The Balaban J connectivity index is 1.95. The van der Waals surface area contributed by atoms with Crippen LogP contribution in [0, 0.1) is 11.8 Å². The Labute approximate surface area is 108 Å². The number of hydrogen-bond acceptors (Lipinski definition) is 2. The van der Waals surface area contributed by atoms with Crippen molar-refractivity contribution in [3.8, 4) is 5.75 Å². The van der Waals surface area contributed by atoms with Crippen LogP contribution in [0.4, 0.5) is 5.69 Å². The Bertz CT molecular complexity index is 483. The van der Waals surface area contributed by atoms with E-state index in [0.717, 1.165) is 35.8 Å². The second-order valence-corrected chi connectivity index (χ2v) is 5.60. The molecule has 1 fully saturated rings. The number of carbonyl (C=O) groups is 1. The molecule has 2 aliphatic rings. The molecule has 3 heteroatoms. The van der Waals surface area contributed by atoms with Crippen LogP contribution in [-0.2, 0) is 4.79 Å². The van der Waals surface area contributed by atoms with Gasteiger partial charge in [-0.15, -0.1) is 0 Å². The molecule has 1 amide bonds. The lowest BCUT2D eigenvalue weighted by Gasteiger charge is -2.17. The van der Waals surface area contributed by atoms with Gasteiger partial charge in [-0.05, 0) is 48.4 Å². The van der Waals surface area contributed by atoms with E-state index in [1.165, 1.54) is 6.42 Å². The largest absolute Gasteiger partial charge is 0.497 e. The predicted octanol–water partition coefficient (Wildman–Crippen LogP) is 3.17. The second-order valence-electron chi connectivity index (χ2n) is 5.60. The van der Waals surface area contributed by atoms with Crippen molar-refractivity contribution in [3.05, 3.63) is 23.8 Å². The monoisotopic (exact) mass is 245 g/mol. The number of amides is 1. The third kappa shape index (κ3) is 1.78.